The second kappa shape index (κ2) is 7.13. The average molecular weight is 281 g/mol. The van der Waals surface area contributed by atoms with Crippen LogP contribution < -0.4 is 9.47 Å². The third-order valence-electron chi connectivity index (χ3n) is 2.34. The lowest BCUT2D eigenvalue weighted by atomic mass is 10.1. The van der Waals surface area contributed by atoms with Gasteiger partial charge in [0.25, 0.3) is 0 Å². The van der Waals surface area contributed by atoms with Gasteiger partial charge < -0.3 is 14.6 Å². The van der Waals surface area contributed by atoms with Crippen molar-refractivity contribution in [1.82, 2.24) is 0 Å². The molecule has 0 saturated heterocycles. The van der Waals surface area contributed by atoms with Gasteiger partial charge in [-0.15, -0.1) is 0 Å². The minimum Gasteiger partial charge on any atom is -0.493 e. The summed E-state index contributed by atoms with van der Waals surface area (Å²) < 4.78 is 10.4. The number of nitro benzene ring substituents is 1. The van der Waals surface area contributed by atoms with Crippen LogP contribution in [0.3, 0.4) is 0 Å². The Morgan fingerprint density at radius 2 is 2.20 bits per heavy atom. The third-order valence-corrected chi connectivity index (χ3v) is 2.34. The number of carboxylic acids is 1. The highest BCUT2D eigenvalue weighted by molar-refractivity contribution is 5.85. The number of hydrogen-bond donors (Lipinski definition) is 1. The Balaban J connectivity index is 3.30. The number of ether oxygens (including phenoxy) is 2. The van der Waals surface area contributed by atoms with Gasteiger partial charge in [-0.1, -0.05) is 6.92 Å². The fourth-order valence-corrected chi connectivity index (χ4v) is 1.51. The Hall–Kier alpha value is -2.57. The molecule has 108 valence electrons. The van der Waals surface area contributed by atoms with E-state index in [1.54, 1.807) is 0 Å². The van der Waals surface area contributed by atoms with Crippen LogP contribution in [0, 0.1) is 10.1 Å². The van der Waals surface area contributed by atoms with Gasteiger partial charge in [-0.2, -0.15) is 0 Å². The number of carbonyl (C=O) groups is 1. The molecule has 0 aliphatic heterocycles. The average Bonchev–Trinajstić information content (AvgIpc) is 2.42. The quantitative estimate of drug-likeness (QED) is 0.468. The predicted molar refractivity (Wildman–Crippen MR) is 72.1 cm³/mol. The number of hydrogen-bond acceptors (Lipinski definition) is 5. The maximum absolute atomic E-state index is 11.1. The number of rotatable bonds is 7. The zero-order valence-electron chi connectivity index (χ0n) is 11.2. The Bertz CT molecular complexity index is 538. The van der Waals surface area contributed by atoms with E-state index in [9.17, 15) is 14.9 Å². The SMILES string of the molecule is CCCOc1c(OC)cc(/C=C/C(=O)O)cc1[N+](=O)[O-]. The van der Waals surface area contributed by atoms with Crippen molar-refractivity contribution in [3.05, 3.63) is 33.9 Å². The van der Waals surface area contributed by atoms with E-state index in [4.69, 9.17) is 14.6 Å². The van der Waals surface area contributed by atoms with E-state index in [1.807, 2.05) is 6.92 Å². The first kappa shape index (κ1) is 15.5. The van der Waals surface area contributed by atoms with E-state index >= 15 is 0 Å². The molecular weight excluding hydrogens is 266 g/mol. The van der Waals surface area contributed by atoms with Crippen LogP contribution in [-0.2, 0) is 4.79 Å². The summed E-state index contributed by atoms with van der Waals surface area (Å²) in [4.78, 5) is 21.0. The molecule has 1 aromatic rings. The zero-order chi connectivity index (χ0) is 15.1. The summed E-state index contributed by atoms with van der Waals surface area (Å²) in [5.41, 5.74) is 0.0858. The molecule has 0 heterocycles. The number of methoxy groups -OCH3 is 1. The van der Waals surface area contributed by atoms with Crippen molar-refractivity contribution in [2.24, 2.45) is 0 Å². The van der Waals surface area contributed by atoms with Crippen molar-refractivity contribution >= 4 is 17.7 Å². The summed E-state index contributed by atoms with van der Waals surface area (Å²) in [5, 5.41) is 19.6. The molecule has 0 atom stereocenters. The monoisotopic (exact) mass is 281 g/mol. The van der Waals surface area contributed by atoms with Crippen LogP contribution in [0.15, 0.2) is 18.2 Å². The second-order valence-electron chi connectivity index (χ2n) is 3.85. The van der Waals surface area contributed by atoms with Crippen LogP contribution in [0.25, 0.3) is 6.08 Å². The molecule has 0 bridgehead atoms. The van der Waals surface area contributed by atoms with E-state index in [2.05, 4.69) is 0 Å². The smallest absolute Gasteiger partial charge is 0.328 e. The third kappa shape index (κ3) is 3.98. The highest BCUT2D eigenvalue weighted by Crippen LogP contribution is 2.38. The molecular formula is C13H15NO6. The molecule has 0 fully saturated rings. The molecule has 0 radical (unpaired) electrons. The standard InChI is InChI=1S/C13H15NO6/c1-3-6-20-13-10(14(17)18)7-9(4-5-12(15)16)8-11(13)19-2/h4-5,7-8H,3,6H2,1-2H3,(H,15,16)/b5-4+. The van der Waals surface area contributed by atoms with Crippen LogP contribution in [0.4, 0.5) is 5.69 Å². The van der Waals surface area contributed by atoms with Gasteiger partial charge in [0.05, 0.1) is 18.6 Å². The van der Waals surface area contributed by atoms with Gasteiger partial charge in [0.15, 0.2) is 5.75 Å². The number of nitrogens with zero attached hydrogens (tertiary/aromatic N) is 1. The van der Waals surface area contributed by atoms with Gasteiger partial charge in [-0.25, -0.2) is 4.79 Å². The second-order valence-corrected chi connectivity index (χ2v) is 3.85. The fourth-order valence-electron chi connectivity index (χ4n) is 1.51. The lowest BCUT2D eigenvalue weighted by molar-refractivity contribution is -0.386. The first-order valence-electron chi connectivity index (χ1n) is 5.89. The van der Waals surface area contributed by atoms with E-state index in [1.165, 1.54) is 25.3 Å². The largest absolute Gasteiger partial charge is 0.493 e. The first-order valence-corrected chi connectivity index (χ1v) is 5.89. The first-order chi connectivity index (χ1) is 9.49. The Morgan fingerprint density at radius 3 is 2.70 bits per heavy atom. The lowest BCUT2D eigenvalue weighted by Crippen LogP contribution is -2.02. The highest BCUT2D eigenvalue weighted by atomic mass is 16.6. The molecule has 20 heavy (non-hydrogen) atoms. The highest BCUT2D eigenvalue weighted by Gasteiger charge is 2.21. The number of aliphatic carboxylic acids is 1. The van der Waals surface area contributed by atoms with Gasteiger partial charge in [0.1, 0.15) is 0 Å². The predicted octanol–water partition coefficient (Wildman–Crippen LogP) is 2.49. The van der Waals surface area contributed by atoms with Crippen LogP contribution in [0.5, 0.6) is 11.5 Å². The summed E-state index contributed by atoms with van der Waals surface area (Å²) >= 11 is 0. The number of benzene rings is 1. The molecule has 0 aliphatic carbocycles. The lowest BCUT2D eigenvalue weighted by Gasteiger charge is -2.11. The van der Waals surface area contributed by atoms with E-state index < -0.39 is 10.9 Å². The van der Waals surface area contributed by atoms with Crippen molar-refractivity contribution in [3.8, 4) is 11.5 Å². The summed E-state index contributed by atoms with van der Waals surface area (Å²) in [6, 6.07) is 2.73. The molecule has 0 saturated carbocycles. The van der Waals surface area contributed by atoms with Crippen LogP contribution in [0.2, 0.25) is 0 Å². The van der Waals surface area contributed by atoms with E-state index in [-0.39, 0.29) is 17.2 Å². The van der Waals surface area contributed by atoms with Crippen molar-refractivity contribution in [2.75, 3.05) is 13.7 Å². The van der Waals surface area contributed by atoms with Gasteiger partial charge in [0, 0.05) is 12.1 Å². The topological polar surface area (TPSA) is 98.9 Å². The normalized spacial score (nSPS) is 10.5. The van der Waals surface area contributed by atoms with E-state index in [0.29, 0.717) is 18.6 Å². The molecule has 0 spiro atoms. The molecule has 7 nitrogen and oxygen atoms in total. The van der Waals surface area contributed by atoms with Gasteiger partial charge in [-0.05, 0) is 24.1 Å². The molecule has 1 N–H and O–H groups in total. The Morgan fingerprint density at radius 1 is 1.50 bits per heavy atom. The van der Waals surface area contributed by atoms with Gasteiger partial charge in [0.2, 0.25) is 5.75 Å². The molecule has 0 amide bonds. The molecule has 1 rings (SSSR count). The van der Waals surface area contributed by atoms with Crippen molar-refractivity contribution < 1.29 is 24.3 Å². The van der Waals surface area contributed by atoms with Gasteiger partial charge in [-0.3, -0.25) is 10.1 Å². The van der Waals surface area contributed by atoms with Crippen molar-refractivity contribution in [1.29, 1.82) is 0 Å². The minimum atomic E-state index is -1.14. The van der Waals surface area contributed by atoms with E-state index in [0.717, 1.165) is 6.08 Å². The molecule has 0 unspecified atom stereocenters. The van der Waals surface area contributed by atoms with Crippen LogP contribution in [-0.4, -0.2) is 29.7 Å². The minimum absolute atomic E-state index is 0.0480. The molecule has 7 heteroatoms. The van der Waals surface area contributed by atoms with Crippen molar-refractivity contribution in [3.63, 3.8) is 0 Å². The van der Waals surface area contributed by atoms with Crippen LogP contribution >= 0.6 is 0 Å². The zero-order valence-corrected chi connectivity index (χ0v) is 11.2. The van der Waals surface area contributed by atoms with Crippen molar-refractivity contribution in [2.45, 2.75) is 13.3 Å². The summed E-state index contributed by atoms with van der Waals surface area (Å²) in [5.74, 6) is -0.901. The Kier molecular flexibility index (Phi) is 5.52. The summed E-state index contributed by atoms with van der Waals surface area (Å²) in [7, 11) is 1.36. The maximum atomic E-state index is 11.1. The van der Waals surface area contributed by atoms with Gasteiger partial charge >= 0.3 is 11.7 Å². The molecule has 0 aliphatic rings. The number of nitro groups is 1. The summed E-state index contributed by atoms with van der Waals surface area (Å²) in [6.45, 7) is 2.20. The fraction of sp³-hybridized carbons (Fsp3) is 0.308. The Labute approximate surface area is 115 Å². The maximum Gasteiger partial charge on any atom is 0.328 e. The molecule has 1 aromatic carbocycles. The number of carboxylic acid groups (broad SMARTS) is 1. The van der Waals surface area contributed by atoms with Crippen LogP contribution in [0.1, 0.15) is 18.9 Å². The molecule has 0 aromatic heterocycles. The summed E-state index contributed by atoms with van der Waals surface area (Å²) in [6.07, 6.45) is 2.84.